The number of allylic oxidation sites excluding steroid dienone is 1. The largest absolute Gasteiger partial charge is 0.395 e. The fraction of sp³-hybridized carbons (Fsp3) is 0.389. The van der Waals surface area contributed by atoms with Gasteiger partial charge in [0, 0.05) is 18.2 Å². The first kappa shape index (κ1) is 20.9. The summed E-state index contributed by atoms with van der Waals surface area (Å²) < 4.78 is 22.1. The van der Waals surface area contributed by atoms with E-state index in [2.05, 4.69) is 18.4 Å². The number of benzene rings is 1. The van der Waals surface area contributed by atoms with E-state index in [-0.39, 0.29) is 13.0 Å². The zero-order valence-electron chi connectivity index (χ0n) is 14.4. The minimum atomic E-state index is -3.71. The van der Waals surface area contributed by atoms with Gasteiger partial charge in [-0.25, -0.2) is 13.9 Å². The number of rotatable bonds is 7. The van der Waals surface area contributed by atoms with E-state index in [1.807, 2.05) is 24.3 Å². The Balaban J connectivity index is 2.86. The van der Waals surface area contributed by atoms with E-state index in [4.69, 9.17) is 10.3 Å². The van der Waals surface area contributed by atoms with Crippen LogP contribution in [-0.2, 0) is 21.1 Å². The summed E-state index contributed by atoms with van der Waals surface area (Å²) in [5.41, 5.74) is 3.73. The van der Waals surface area contributed by atoms with Crippen molar-refractivity contribution in [2.24, 2.45) is 0 Å². The third-order valence-electron chi connectivity index (χ3n) is 4.07. The van der Waals surface area contributed by atoms with Crippen molar-refractivity contribution >= 4 is 21.3 Å². The summed E-state index contributed by atoms with van der Waals surface area (Å²) in [4.78, 5) is 11.8. The van der Waals surface area contributed by atoms with Gasteiger partial charge in [-0.15, -0.1) is 0 Å². The van der Waals surface area contributed by atoms with Crippen LogP contribution >= 0.6 is 0 Å². The van der Waals surface area contributed by atoms with Crippen LogP contribution in [0.15, 0.2) is 30.8 Å². The lowest BCUT2D eigenvalue weighted by molar-refractivity contribution is -0.131. The summed E-state index contributed by atoms with van der Waals surface area (Å²) in [6, 6.07) is 7.26. The van der Waals surface area contributed by atoms with Crippen LogP contribution < -0.4 is 5.48 Å². The average molecular weight is 365 g/mol. The van der Waals surface area contributed by atoms with E-state index >= 15 is 0 Å². The van der Waals surface area contributed by atoms with Crippen LogP contribution in [0.1, 0.15) is 30.9 Å². The Hall–Kier alpha value is -2.14. The van der Waals surface area contributed by atoms with Gasteiger partial charge in [0.15, 0.2) is 9.84 Å². The minimum Gasteiger partial charge on any atom is -0.395 e. The Kier molecular flexibility index (Phi) is 7.37. The topological polar surface area (TPSA) is 104 Å². The molecule has 0 aliphatic heterocycles. The summed E-state index contributed by atoms with van der Waals surface area (Å²) in [6.07, 6.45) is 1.74. The van der Waals surface area contributed by atoms with Gasteiger partial charge >= 0.3 is 0 Å². The molecule has 0 radical (unpaired) electrons. The van der Waals surface area contributed by atoms with Gasteiger partial charge in [-0.1, -0.05) is 42.7 Å². The fourth-order valence-electron chi connectivity index (χ4n) is 2.14. The smallest absolute Gasteiger partial charge is 0.264 e. The van der Waals surface area contributed by atoms with E-state index in [0.717, 1.165) is 17.4 Å². The average Bonchev–Trinajstić information content (AvgIpc) is 2.58. The van der Waals surface area contributed by atoms with Crippen LogP contribution in [0.3, 0.4) is 0 Å². The lowest BCUT2D eigenvalue weighted by atomic mass is 9.98. The van der Waals surface area contributed by atoms with Gasteiger partial charge in [-0.05, 0) is 30.9 Å². The van der Waals surface area contributed by atoms with Gasteiger partial charge in [-0.3, -0.25) is 10.0 Å². The molecular weight excluding hydrogens is 342 g/mol. The van der Waals surface area contributed by atoms with Crippen LogP contribution in [0.5, 0.6) is 0 Å². The second-order valence-electron chi connectivity index (χ2n) is 5.89. The number of hydrogen-bond acceptors (Lipinski definition) is 5. The maximum atomic E-state index is 11.9. The summed E-state index contributed by atoms with van der Waals surface area (Å²) in [5, 5.41) is 17.5. The lowest BCUT2D eigenvalue weighted by Crippen LogP contribution is -2.49. The van der Waals surface area contributed by atoms with Crippen molar-refractivity contribution in [1.29, 1.82) is 0 Å². The van der Waals surface area contributed by atoms with Gasteiger partial charge in [0.05, 0.1) is 6.61 Å². The molecule has 1 rings (SSSR count). The molecule has 136 valence electrons. The molecule has 0 saturated heterocycles. The number of aryl methyl sites for hydroxylation is 1. The molecule has 0 heterocycles. The second-order valence-corrected chi connectivity index (χ2v) is 8.34. The standard InChI is InChI=1S/C18H23NO5S/c1-14(6-4-5-13-20)16-9-7-15(8-10-16)11-12-18(2,17(21)19-22)25(3,23)24/h7-10,20,22H,1,5,11-13H2,2-3H3,(H,19,21). The maximum Gasteiger partial charge on any atom is 0.264 e. The third-order valence-corrected chi connectivity index (χ3v) is 6.10. The summed E-state index contributed by atoms with van der Waals surface area (Å²) in [7, 11) is -3.71. The molecule has 0 aliphatic carbocycles. The van der Waals surface area contributed by atoms with Crippen molar-refractivity contribution in [1.82, 2.24) is 5.48 Å². The van der Waals surface area contributed by atoms with Crippen LogP contribution in [-0.4, -0.2) is 42.2 Å². The molecule has 0 spiro atoms. The summed E-state index contributed by atoms with van der Waals surface area (Å²) in [5.74, 6) is 4.70. The molecule has 7 heteroatoms. The molecule has 0 aliphatic rings. The molecule has 0 aromatic heterocycles. The highest BCUT2D eigenvalue weighted by atomic mass is 32.2. The summed E-state index contributed by atoms with van der Waals surface area (Å²) in [6.45, 7) is 5.16. The quantitative estimate of drug-likeness (QED) is 0.384. The first-order valence-electron chi connectivity index (χ1n) is 7.68. The molecule has 25 heavy (non-hydrogen) atoms. The fourth-order valence-corrected chi connectivity index (χ4v) is 2.99. The Morgan fingerprint density at radius 1 is 1.32 bits per heavy atom. The van der Waals surface area contributed by atoms with E-state index in [0.29, 0.717) is 18.4 Å². The number of nitrogens with one attached hydrogen (secondary N) is 1. The van der Waals surface area contributed by atoms with Crippen LogP contribution in [0.4, 0.5) is 0 Å². The number of hydroxylamine groups is 1. The molecule has 3 N–H and O–H groups in total. The van der Waals surface area contributed by atoms with E-state index in [9.17, 15) is 13.2 Å². The number of aliphatic hydroxyl groups is 1. The molecule has 0 bridgehead atoms. The zero-order chi connectivity index (χ0) is 19.1. The van der Waals surface area contributed by atoms with Gasteiger partial charge in [0.2, 0.25) is 0 Å². The first-order chi connectivity index (χ1) is 11.7. The third kappa shape index (κ3) is 5.43. The predicted molar refractivity (Wildman–Crippen MR) is 96.5 cm³/mol. The number of hydrogen-bond donors (Lipinski definition) is 3. The van der Waals surface area contributed by atoms with E-state index in [1.54, 1.807) is 0 Å². The molecule has 1 aromatic rings. The van der Waals surface area contributed by atoms with Gasteiger partial charge in [0.25, 0.3) is 5.91 Å². The normalized spacial score (nSPS) is 13.3. The van der Waals surface area contributed by atoms with Crippen molar-refractivity contribution < 1.29 is 23.5 Å². The molecule has 6 nitrogen and oxygen atoms in total. The second kappa shape index (κ2) is 8.81. The zero-order valence-corrected chi connectivity index (χ0v) is 15.2. The van der Waals surface area contributed by atoms with Gasteiger partial charge < -0.3 is 5.11 Å². The number of sulfone groups is 1. The van der Waals surface area contributed by atoms with Crippen molar-refractivity contribution in [3.63, 3.8) is 0 Å². The highest BCUT2D eigenvalue weighted by Crippen LogP contribution is 2.24. The van der Waals surface area contributed by atoms with Gasteiger partial charge in [-0.2, -0.15) is 0 Å². The summed E-state index contributed by atoms with van der Waals surface area (Å²) >= 11 is 0. The molecule has 1 amide bonds. The Morgan fingerprint density at radius 2 is 1.92 bits per heavy atom. The van der Waals surface area contributed by atoms with Crippen molar-refractivity contribution in [3.05, 3.63) is 42.0 Å². The van der Waals surface area contributed by atoms with Gasteiger partial charge in [0.1, 0.15) is 4.75 Å². The Labute approximate surface area is 148 Å². The highest BCUT2D eigenvalue weighted by molar-refractivity contribution is 7.92. The Bertz CT molecular complexity index is 787. The molecule has 1 atom stereocenters. The Morgan fingerprint density at radius 3 is 2.40 bits per heavy atom. The van der Waals surface area contributed by atoms with Crippen LogP contribution in [0.25, 0.3) is 5.57 Å². The maximum absolute atomic E-state index is 11.9. The molecule has 0 fully saturated rings. The number of carbonyl (C=O) groups is 1. The number of aliphatic hydroxyl groups excluding tert-OH is 1. The van der Waals surface area contributed by atoms with E-state index < -0.39 is 20.5 Å². The minimum absolute atomic E-state index is 0.000259. The van der Waals surface area contributed by atoms with Crippen molar-refractivity contribution in [2.75, 3.05) is 12.9 Å². The SMILES string of the molecule is C=C(C#CCCO)c1ccc(CCC(C)(C(=O)NO)S(C)(=O)=O)cc1. The van der Waals surface area contributed by atoms with Crippen molar-refractivity contribution in [2.45, 2.75) is 30.9 Å². The monoisotopic (exact) mass is 365 g/mol. The molecular formula is C18H23NO5S. The number of amides is 1. The molecule has 1 aromatic carbocycles. The van der Waals surface area contributed by atoms with E-state index in [1.165, 1.54) is 12.4 Å². The number of carbonyl (C=O) groups excluding carboxylic acids is 1. The first-order valence-corrected chi connectivity index (χ1v) is 9.57. The van der Waals surface area contributed by atoms with Crippen LogP contribution in [0.2, 0.25) is 0 Å². The molecule has 0 saturated carbocycles. The molecule has 1 unspecified atom stereocenters. The highest BCUT2D eigenvalue weighted by Gasteiger charge is 2.43. The van der Waals surface area contributed by atoms with Crippen molar-refractivity contribution in [3.8, 4) is 11.8 Å². The predicted octanol–water partition coefficient (Wildman–Crippen LogP) is 1.33. The lowest BCUT2D eigenvalue weighted by Gasteiger charge is -2.25. The van der Waals surface area contributed by atoms with Crippen LogP contribution in [0, 0.1) is 11.8 Å².